The zero-order valence-electron chi connectivity index (χ0n) is 9.99. The van der Waals surface area contributed by atoms with Crippen molar-refractivity contribution in [3.8, 4) is 0 Å². The third-order valence-electron chi connectivity index (χ3n) is 2.82. The van der Waals surface area contributed by atoms with Gasteiger partial charge in [0.2, 0.25) is 5.91 Å². The first-order chi connectivity index (χ1) is 7.71. The SMILES string of the molecule is CCc1ccc(CC(CN)C(=O)NC)cc1. The summed E-state index contributed by atoms with van der Waals surface area (Å²) in [5, 5.41) is 2.64. The van der Waals surface area contributed by atoms with Crippen LogP contribution in [0.15, 0.2) is 24.3 Å². The van der Waals surface area contributed by atoms with Crippen molar-refractivity contribution in [1.82, 2.24) is 5.32 Å². The summed E-state index contributed by atoms with van der Waals surface area (Å²) in [6.07, 6.45) is 1.75. The number of carbonyl (C=O) groups is 1. The van der Waals surface area contributed by atoms with E-state index < -0.39 is 0 Å². The number of aryl methyl sites for hydroxylation is 1. The molecule has 0 fully saturated rings. The fourth-order valence-corrected chi connectivity index (χ4v) is 1.68. The lowest BCUT2D eigenvalue weighted by molar-refractivity contribution is -0.124. The van der Waals surface area contributed by atoms with E-state index in [2.05, 4.69) is 36.5 Å². The van der Waals surface area contributed by atoms with Crippen LogP contribution in [0.5, 0.6) is 0 Å². The molecule has 1 amide bonds. The molecule has 0 radical (unpaired) electrons. The molecule has 0 spiro atoms. The monoisotopic (exact) mass is 220 g/mol. The van der Waals surface area contributed by atoms with E-state index in [1.807, 2.05) is 0 Å². The predicted molar refractivity (Wildman–Crippen MR) is 66.1 cm³/mol. The molecule has 88 valence electrons. The van der Waals surface area contributed by atoms with Crippen LogP contribution in [0.2, 0.25) is 0 Å². The zero-order valence-corrected chi connectivity index (χ0v) is 9.99. The van der Waals surface area contributed by atoms with Crippen molar-refractivity contribution in [3.05, 3.63) is 35.4 Å². The molecular weight excluding hydrogens is 200 g/mol. The van der Waals surface area contributed by atoms with Gasteiger partial charge in [0, 0.05) is 13.6 Å². The maximum Gasteiger partial charge on any atom is 0.224 e. The molecule has 1 unspecified atom stereocenters. The van der Waals surface area contributed by atoms with Crippen LogP contribution < -0.4 is 11.1 Å². The second-order valence-corrected chi connectivity index (χ2v) is 3.92. The van der Waals surface area contributed by atoms with Crippen molar-refractivity contribution in [2.24, 2.45) is 11.7 Å². The average molecular weight is 220 g/mol. The Hall–Kier alpha value is -1.35. The number of rotatable bonds is 5. The summed E-state index contributed by atoms with van der Waals surface area (Å²) in [7, 11) is 1.64. The Morgan fingerprint density at radius 2 is 1.88 bits per heavy atom. The van der Waals surface area contributed by atoms with Gasteiger partial charge in [-0.05, 0) is 24.0 Å². The van der Waals surface area contributed by atoms with Crippen LogP contribution in [0.25, 0.3) is 0 Å². The lowest BCUT2D eigenvalue weighted by Crippen LogP contribution is -2.34. The second kappa shape index (κ2) is 6.28. The van der Waals surface area contributed by atoms with E-state index in [4.69, 9.17) is 5.73 Å². The van der Waals surface area contributed by atoms with Gasteiger partial charge < -0.3 is 11.1 Å². The fourth-order valence-electron chi connectivity index (χ4n) is 1.68. The molecule has 0 heterocycles. The normalized spacial score (nSPS) is 12.2. The van der Waals surface area contributed by atoms with Crippen molar-refractivity contribution in [2.45, 2.75) is 19.8 Å². The summed E-state index contributed by atoms with van der Waals surface area (Å²) in [4.78, 5) is 11.5. The molecule has 0 aliphatic heterocycles. The highest BCUT2D eigenvalue weighted by Gasteiger charge is 2.15. The van der Waals surface area contributed by atoms with Crippen LogP contribution >= 0.6 is 0 Å². The molecule has 1 aromatic rings. The maximum atomic E-state index is 11.5. The molecule has 0 saturated carbocycles. The van der Waals surface area contributed by atoms with Crippen LogP contribution in [0.1, 0.15) is 18.1 Å². The van der Waals surface area contributed by atoms with E-state index in [0.29, 0.717) is 13.0 Å². The first-order valence-corrected chi connectivity index (χ1v) is 5.70. The van der Waals surface area contributed by atoms with Crippen molar-refractivity contribution in [1.29, 1.82) is 0 Å². The van der Waals surface area contributed by atoms with Crippen LogP contribution in [0.3, 0.4) is 0 Å². The summed E-state index contributed by atoms with van der Waals surface area (Å²) in [5.74, 6) is -0.112. The van der Waals surface area contributed by atoms with E-state index in [9.17, 15) is 4.79 Å². The lowest BCUT2D eigenvalue weighted by atomic mass is 9.97. The van der Waals surface area contributed by atoms with E-state index in [1.54, 1.807) is 7.05 Å². The molecule has 3 N–H and O–H groups in total. The number of amides is 1. The second-order valence-electron chi connectivity index (χ2n) is 3.92. The van der Waals surface area contributed by atoms with Gasteiger partial charge in [-0.15, -0.1) is 0 Å². The van der Waals surface area contributed by atoms with Gasteiger partial charge in [-0.25, -0.2) is 0 Å². The fraction of sp³-hybridized carbons (Fsp3) is 0.462. The maximum absolute atomic E-state index is 11.5. The first-order valence-electron chi connectivity index (χ1n) is 5.70. The van der Waals surface area contributed by atoms with Crippen LogP contribution in [-0.2, 0) is 17.6 Å². The molecule has 0 saturated heterocycles. The molecular formula is C13H20N2O. The highest BCUT2D eigenvalue weighted by molar-refractivity contribution is 5.78. The van der Waals surface area contributed by atoms with Gasteiger partial charge in [-0.1, -0.05) is 31.2 Å². The molecule has 0 aromatic heterocycles. The van der Waals surface area contributed by atoms with Gasteiger partial charge in [0.25, 0.3) is 0 Å². The molecule has 1 rings (SSSR count). The quantitative estimate of drug-likeness (QED) is 0.781. The van der Waals surface area contributed by atoms with Crippen molar-refractivity contribution >= 4 is 5.91 Å². The summed E-state index contributed by atoms with van der Waals surface area (Å²) >= 11 is 0. The highest BCUT2D eigenvalue weighted by atomic mass is 16.1. The standard InChI is InChI=1S/C13H20N2O/c1-3-10-4-6-11(7-5-10)8-12(9-14)13(16)15-2/h4-7,12H,3,8-9,14H2,1-2H3,(H,15,16). The molecule has 0 bridgehead atoms. The van der Waals surface area contributed by atoms with Crippen molar-refractivity contribution in [2.75, 3.05) is 13.6 Å². The van der Waals surface area contributed by atoms with Gasteiger partial charge in [-0.3, -0.25) is 4.79 Å². The van der Waals surface area contributed by atoms with Crippen LogP contribution in [0.4, 0.5) is 0 Å². The van der Waals surface area contributed by atoms with E-state index >= 15 is 0 Å². The topological polar surface area (TPSA) is 55.1 Å². The number of hydrogen-bond acceptors (Lipinski definition) is 2. The lowest BCUT2D eigenvalue weighted by Gasteiger charge is -2.13. The van der Waals surface area contributed by atoms with Gasteiger partial charge in [0.1, 0.15) is 0 Å². The van der Waals surface area contributed by atoms with Gasteiger partial charge in [0.15, 0.2) is 0 Å². The Morgan fingerprint density at radius 3 is 2.31 bits per heavy atom. The molecule has 0 aliphatic rings. The predicted octanol–water partition coefficient (Wildman–Crippen LogP) is 1.11. The number of hydrogen-bond donors (Lipinski definition) is 2. The molecule has 1 aromatic carbocycles. The third-order valence-corrected chi connectivity index (χ3v) is 2.82. The Labute approximate surface area is 97.0 Å². The summed E-state index contributed by atoms with van der Waals surface area (Å²) in [5.41, 5.74) is 8.07. The molecule has 3 nitrogen and oxygen atoms in total. The Kier molecular flexibility index (Phi) is 4.99. The Morgan fingerprint density at radius 1 is 1.31 bits per heavy atom. The van der Waals surface area contributed by atoms with E-state index in [0.717, 1.165) is 12.0 Å². The first kappa shape index (κ1) is 12.7. The van der Waals surface area contributed by atoms with Crippen molar-refractivity contribution in [3.63, 3.8) is 0 Å². The highest BCUT2D eigenvalue weighted by Crippen LogP contribution is 2.10. The Balaban J connectivity index is 2.66. The minimum atomic E-state index is -0.127. The molecule has 3 heteroatoms. The van der Waals surface area contributed by atoms with E-state index in [1.165, 1.54) is 5.56 Å². The van der Waals surface area contributed by atoms with Gasteiger partial charge in [0.05, 0.1) is 5.92 Å². The van der Waals surface area contributed by atoms with Gasteiger partial charge >= 0.3 is 0 Å². The molecule has 1 atom stereocenters. The largest absolute Gasteiger partial charge is 0.359 e. The minimum Gasteiger partial charge on any atom is -0.359 e. The van der Waals surface area contributed by atoms with Gasteiger partial charge in [-0.2, -0.15) is 0 Å². The minimum absolute atomic E-state index is 0.0158. The number of benzene rings is 1. The van der Waals surface area contributed by atoms with Crippen molar-refractivity contribution < 1.29 is 4.79 Å². The molecule has 0 aliphatic carbocycles. The number of carbonyl (C=O) groups excluding carboxylic acids is 1. The zero-order chi connectivity index (χ0) is 12.0. The summed E-state index contributed by atoms with van der Waals surface area (Å²) in [6, 6.07) is 8.36. The van der Waals surface area contributed by atoms with E-state index in [-0.39, 0.29) is 11.8 Å². The third kappa shape index (κ3) is 3.35. The summed E-state index contributed by atoms with van der Waals surface area (Å²) in [6.45, 7) is 2.51. The Bertz CT molecular complexity index is 332. The number of nitrogens with one attached hydrogen (secondary N) is 1. The summed E-state index contributed by atoms with van der Waals surface area (Å²) < 4.78 is 0. The van der Waals surface area contributed by atoms with Crippen LogP contribution in [-0.4, -0.2) is 19.5 Å². The average Bonchev–Trinajstić information content (AvgIpc) is 2.35. The van der Waals surface area contributed by atoms with Crippen LogP contribution in [0, 0.1) is 5.92 Å². The molecule has 16 heavy (non-hydrogen) atoms. The smallest absolute Gasteiger partial charge is 0.224 e. The number of nitrogens with two attached hydrogens (primary N) is 1.